The van der Waals surface area contributed by atoms with Gasteiger partial charge in [-0.1, -0.05) is 255 Å². The highest BCUT2D eigenvalue weighted by molar-refractivity contribution is 7.13. The highest BCUT2D eigenvalue weighted by Gasteiger charge is 2.41. The lowest BCUT2D eigenvalue weighted by atomic mass is 9.31. The van der Waals surface area contributed by atoms with Gasteiger partial charge in [0.25, 0.3) is 0 Å². The number of benzene rings is 5. The molecule has 4 heteroatoms. The van der Waals surface area contributed by atoms with Crippen LogP contribution in [0.1, 0.15) is 180 Å². The van der Waals surface area contributed by atoms with E-state index in [0.717, 1.165) is 0 Å². The molecule has 0 bridgehead atoms. The van der Waals surface area contributed by atoms with Crippen molar-refractivity contribution in [3.63, 3.8) is 0 Å². The first-order valence-corrected chi connectivity index (χ1v) is 27.5. The summed E-state index contributed by atoms with van der Waals surface area (Å²) in [5.74, 6) is 0. The fraction of sp³-hybridized carbons (Fsp3) is 0.364. The van der Waals surface area contributed by atoms with E-state index in [9.17, 15) is 0 Å². The van der Waals surface area contributed by atoms with Gasteiger partial charge in [-0.25, -0.2) is 0 Å². The van der Waals surface area contributed by atoms with Crippen molar-refractivity contribution in [1.82, 2.24) is 0 Å². The summed E-state index contributed by atoms with van der Waals surface area (Å²) < 4.78 is 0. The van der Waals surface area contributed by atoms with E-state index in [1.807, 2.05) is 22.7 Å². The Morgan fingerprint density at radius 2 is 0.614 bits per heavy atom. The molecule has 7 aromatic rings. The first-order chi connectivity index (χ1) is 32.5. The molecule has 0 unspecified atom stereocenters. The number of rotatable bonds is 4. The molecule has 0 N–H and O–H groups in total. The van der Waals surface area contributed by atoms with Crippen molar-refractivity contribution in [2.24, 2.45) is 0 Å². The molecule has 5 aromatic carbocycles. The topological polar surface area (TPSA) is 0 Å². The van der Waals surface area contributed by atoms with Gasteiger partial charge in [0.05, 0.1) is 0 Å². The lowest BCUT2D eigenvalue weighted by Gasteiger charge is -2.37. The van der Waals surface area contributed by atoms with E-state index < -0.39 is 0 Å². The molecule has 0 nitrogen and oxygen atoms in total. The Labute approximate surface area is 432 Å². The van der Waals surface area contributed by atoms with E-state index >= 15 is 0 Å². The van der Waals surface area contributed by atoms with Crippen LogP contribution in [0.2, 0.25) is 0 Å². The van der Waals surface area contributed by atoms with E-state index in [-0.39, 0.29) is 45.9 Å². The van der Waals surface area contributed by atoms with Crippen molar-refractivity contribution in [2.45, 2.75) is 157 Å². The summed E-state index contributed by atoms with van der Waals surface area (Å²) in [6, 6.07) is 39.1. The van der Waals surface area contributed by atoms with Crippen LogP contribution in [0.15, 0.2) is 108 Å². The molecule has 2 aromatic heterocycles. The van der Waals surface area contributed by atoms with Gasteiger partial charge in [0.15, 0.2) is 0 Å². The van der Waals surface area contributed by atoms with Crippen LogP contribution in [0.25, 0.3) is 45.2 Å². The molecule has 2 aliphatic rings. The summed E-state index contributed by atoms with van der Waals surface area (Å²) in [6.07, 6.45) is 9.82. The molecule has 2 aliphatic heterocycles. The third-order valence-electron chi connectivity index (χ3n) is 15.1. The van der Waals surface area contributed by atoms with Crippen LogP contribution in [0.5, 0.6) is 0 Å². The van der Waals surface area contributed by atoms with Crippen LogP contribution >= 0.6 is 22.7 Å². The van der Waals surface area contributed by atoms with E-state index in [1.54, 1.807) is 0 Å². The van der Waals surface area contributed by atoms with Crippen LogP contribution in [-0.2, 0) is 32.5 Å². The third kappa shape index (κ3) is 9.38. The average molecular weight is 955 g/mol. The Bertz CT molecular complexity index is 2900. The van der Waals surface area contributed by atoms with Crippen LogP contribution in [0, 0.1) is 0 Å². The van der Waals surface area contributed by atoms with Crippen LogP contribution in [0.4, 0.5) is 0 Å². The molecule has 358 valence electrons. The zero-order chi connectivity index (χ0) is 50.7. The molecule has 0 fully saturated rings. The van der Waals surface area contributed by atoms with Gasteiger partial charge in [0.2, 0.25) is 13.4 Å². The van der Waals surface area contributed by atoms with Gasteiger partial charge in [-0.3, -0.25) is 0 Å². The number of thiophene rings is 2. The average Bonchev–Trinajstić information content (AvgIpc) is 3.95. The Balaban J connectivity index is 1.42. The van der Waals surface area contributed by atoms with Crippen molar-refractivity contribution < 1.29 is 0 Å². The first kappa shape index (κ1) is 50.1. The maximum absolute atomic E-state index is 2.63. The summed E-state index contributed by atoms with van der Waals surface area (Å²) in [5.41, 5.74) is 24.3. The lowest BCUT2D eigenvalue weighted by Crippen LogP contribution is -2.60. The third-order valence-corrected chi connectivity index (χ3v) is 16.9. The Hall–Kier alpha value is -4.89. The van der Waals surface area contributed by atoms with E-state index in [2.05, 4.69) is 257 Å². The quantitative estimate of drug-likeness (QED) is 0.154. The zero-order valence-electron chi connectivity index (χ0n) is 45.7. The highest BCUT2D eigenvalue weighted by atomic mass is 32.1. The maximum Gasteiger partial charge on any atom is 0.243 e. The van der Waals surface area contributed by atoms with Gasteiger partial charge in [-0.2, -0.15) is 0 Å². The molecule has 4 heterocycles. The molecule has 0 saturated carbocycles. The van der Waals surface area contributed by atoms with E-state index in [1.165, 1.54) is 109 Å². The van der Waals surface area contributed by atoms with Crippen LogP contribution in [0.3, 0.4) is 0 Å². The number of fused-ring (bicyclic) bond motifs is 4. The fourth-order valence-electron chi connectivity index (χ4n) is 11.2. The van der Waals surface area contributed by atoms with Gasteiger partial charge in [0, 0.05) is 9.75 Å². The summed E-state index contributed by atoms with van der Waals surface area (Å²) in [7, 11) is 0. The second-order valence-corrected chi connectivity index (χ2v) is 28.7. The fourth-order valence-corrected chi connectivity index (χ4v) is 12.7. The minimum Gasteiger partial charge on any atom is -0.144 e. The predicted octanol–water partition coefficient (Wildman–Crippen LogP) is 14.9. The second-order valence-electron chi connectivity index (χ2n) is 26.8. The summed E-state index contributed by atoms with van der Waals surface area (Å²) >= 11 is 3.64. The second kappa shape index (κ2) is 17.4. The highest BCUT2D eigenvalue weighted by Crippen LogP contribution is 2.38. The number of hydrogen-bond donors (Lipinski definition) is 0. The molecule has 0 spiro atoms. The molecule has 0 atom stereocenters. The Kier molecular flexibility index (Phi) is 12.5. The van der Waals surface area contributed by atoms with Gasteiger partial charge in [-0.15, -0.1) is 22.7 Å². The number of hydrogen-bond acceptors (Lipinski definition) is 2. The minimum atomic E-state index is -0.113. The predicted molar refractivity (Wildman–Crippen MR) is 318 cm³/mol. The van der Waals surface area contributed by atoms with Crippen LogP contribution < -0.4 is 32.8 Å². The molecule has 0 aliphatic carbocycles. The van der Waals surface area contributed by atoms with Crippen molar-refractivity contribution in [3.8, 4) is 20.9 Å². The standard InChI is InChI=1S/C66H76B2S2/c1-61(2,3)47-37-49(63(7,8)9)59(50(38-47)64(10,11)12)67-53-29-27-45(57-21-19-31-69-57)33-41(53)23-25-43-36-56-44(35-55(43)67)26-24-42-34-46(58-22-20-32-70-58)28-30-54(42)68(56)60-51(65(13,14)15)39-48(62(4,5)6)40-52(60)66(16,17)18/h19-40H,1-18H3. The minimum absolute atomic E-state index is 0.00658. The van der Waals surface area contributed by atoms with Crippen LogP contribution in [-0.4, -0.2) is 13.4 Å². The molecular weight excluding hydrogens is 878 g/mol. The smallest absolute Gasteiger partial charge is 0.144 e. The molecule has 0 amide bonds. The normalized spacial score (nSPS) is 14.3. The van der Waals surface area contributed by atoms with E-state index in [0.29, 0.717) is 0 Å². The van der Waals surface area contributed by atoms with Gasteiger partial charge >= 0.3 is 0 Å². The molecule has 0 saturated heterocycles. The molecular formula is C66H76B2S2. The SMILES string of the molecule is CC(C)(C)c1cc(C(C)(C)C)c(B2c3ccc(-c4cccs4)cc3C=Cc3cc4c(cc32)C=Cc2cc(-c3cccs3)ccc2B4c2c(C(C)(C)C)cc(C(C)(C)C)cc2C(C)(C)C)c(C(C)(C)C)c1. The molecule has 70 heavy (non-hydrogen) atoms. The summed E-state index contributed by atoms with van der Waals surface area (Å²) in [5, 5.41) is 4.39. The lowest BCUT2D eigenvalue weighted by molar-refractivity contribution is 0.552. The molecule has 9 rings (SSSR count). The largest absolute Gasteiger partial charge is 0.243 e. The Morgan fingerprint density at radius 3 is 0.871 bits per heavy atom. The van der Waals surface area contributed by atoms with Crippen molar-refractivity contribution >= 4 is 93.2 Å². The Morgan fingerprint density at radius 1 is 0.314 bits per heavy atom. The maximum atomic E-state index is 2.63. The molecule has 0 radical (unpaired) electrons. The monoisotopic (exact) mass is 955 g/mol. The summed E-state index contributed by atoms with van der Waals surface area (Å²) in [6.45, 7) is 43.4. The van der Waals surface area contributed by atoms with Gasteiger partial charge < -0.3 is 0 Å². The van der Waals surface area contributed by atoms with Crippen molar-refractivity contribution in [1.29, 1.82) is 0 Å². The zero-order valence-corrected chi connectivity index (χ0v) is 47.3. The van der Waals surface area contributed by atoms with E-state index in [4.69, 9.17) is 0 Å². The van der Waals surface area contributed by atoms with Gasteiger partial charge in [0.1, 0.15) is 0 Å². The van der Waals surface area contributed by atoms with Gasteiger partial charge in [-0.05, 0) is 134 Å². The first-order valence-electron chi connectivity index (χ1n) is 25.8. The summed E-state index contributed by atoms with van der Waals surface area (Å²) in [4.78, 5) is 2.61. The van der Waals surface area contributed by atoms with Crippen molar-refractivity contribution in [3.05, 3.63) is 163 Å². The van der Waals surface area contributed by atoms with Crippen molar-refractivity contribution in [2.75, 3.05) is 0 Å².